The maximum atomic E-state index is 12.4. The summed E-state index contributed by atoms with van der Waals surface area (Å²) in [7, 11) is 0. The van der Waals surface area contributed by atoms with Crippen LogP contribution in [-0.4, -0.2) is 12.5 Å². The summed E-state index contributed by atoms with van der Waals surface area (Å²) in [4.78, 5) is 12.4. The van der Waals surface area contributed by atoms with E-state index in [4.69, 9.17) is 9.47 Å². The fraction of sp³-hybridized carbons (Fsp3) is 0.125. The lowest BCUT2D eigenvalue weighted by atomic mass is 10.0. The summed E-state index contributed by atoms with van der Waals surface area (Å²) >= 11 is 3.61. The van der Waals surface area contributed by atoms with Crippen LogP contribution in [0.2, 0.25) is 0 Å². The molecule has 1 N–H and O–H groups in total. The number of nitrogens with one attached hydrogen (secondary N) is 1. The third-order valence-corrected chi connectivity index (χ3v) is 5.30. The molecule has 0 radical (unpaired) electrons. The summed E-state index contributed by atoms with van der Waals surface area (Å²) in [6.45, 7) is 2.90. The molecule has 1 aliphatic heterocycles. The molecule has 1 amide bonds. The number of carbonyl (C=O) groups is 1. The Labute approximate surface area is 178 Å². The fourth-order valence-corrected chi connectivity index (χ4v) is 3.65. The Morgan fingerprint density at radius 3 is 2.48 bits per heavy atom. The smallest absolute Gasteiger partial charge is 0.256 e. The minimum absolute atomic E-state index is 0.111. The fourth-order valence-electron chi connectivity index (χ4n) is 3.22. The highest BCUT2D eigenvalue weighted by molar-refractivity contribution is 9.10. The van der Waals surface area contributed by atoms with Gasteiger partial charge in [-0.3, -0.25) is 4.79 Å². The summed E-state index contributed by atoms with van der Waals surface area (Å²) in [5, 5.41) is 2.90. The maximum Gasteiger partial charge on any atom is 0.256 e. The molecule has 0 spiro atoms. The van der Waals surface area contributed by atoms with Gasteiger partial charge >= 0.3 is 0 Å². The topological polar surface area (TPSA) is 47.6 Å². The number of anilines is 1. The highest BCUT2D eigenvalue weighted by atomic mass is 79.9. The van der Waals surface area contributed by atoms with E-state index in [-0.39, 0.29) is 5.91 Å². The Hall–Kier alpha value is -3.05. The van der Waals surface area contributed by atoms with Crippen LogP contribution in [-0.2, 0) is 11.4 Å². The molecule has 0 saturated heterocycles. The zero-order valence-electron chi connectivity index (χ0n) is 15.9. The van der Waals surface area contributed by atoms with E-state index < -0.39 is 0 Å². The summed E-state index contributed by atoms with van der Waals surface area (Å²) < 4.78 is 12.6. The largest absolute Gasteiger partial charge is 0.490 e. The molecule has 1 heterocycles. The SMILES string of the molecule is CCOc1cc(/C=C2/C(=O)Nc3ccccc32)c(Br)cc1OCc1ccccc1. The van der Waals surface area contributed by atoms with E-state index in [1.54, 1.807) is 0 Å². The molecule has 0 aromatic heterocycles. The first-order valence-corrected chi connectivity index (χ1v) is 10.2. The Bertz CT molecular complexity index is 1080. The Morgan fingerprint density at radius 1 is 0.966 bits per heavy atom. The quantitative estimate of drug-likeness (QED) is 0.475. The van der Waals surface area contributed by atoms with Crippen molar-refractivity contribution < 1.29 is 14.3 Å². The monoisotopic (exact) mass is 449 g/mol. The van der Waals surface area contributed by atoms with Gasteiger partial charge < -0.3 is 14.8 Å². The number of rotatable bonds is 6. The average Bonchev–Trinajstić information content (AvgIpc) is 3.05. The molecule has 146 valence electrons. The first-order valence-electron chi connectivity index (χ1n) is 9.41. The number of carbonyl (C=O) groups excluding carboxylic acids is 1. The molecule has 0 bridgehead atoms. The van der Waals surface area contributed by atoms with Gasteiger partial charge in [0.1, 0.15) is 6.61 Å². The van der Waals surface area contributed by atoms with Gasteiger partial charge in [0.05, 0.1) is 6.61 Å². The van der Waals surface area contributed by atoms with Gasteiger partial charge in [-0.15, -0.1) is 0 Å². The van der Waals surface area contributed by atoms with Crippen LogP contribution in [0.25, 0.3) is 11.6 Å². The van der Waals surface area contributed by atoms with Gasteiger partial charge in [-0.2, -0.15) is 0 Å². The Kier molecular flexibility index (Phi) is 5.67. The molecule has 4 nitrogen and oxygen atoms in total. The van der Waals surface area contributed by atoms with Gasteiger partial charge in [-0.1, -0.05) is 64.5 Å². The lowest BCUT2D eigenvalue weighted by Gasteiger charge is -2.14. The van der Waals surface area contributed by atoms with Gasteiger partial charge in [-0.05, 0) is 42.3 Å². The second kappa shape index (κ2) is 8.53. The van der Waals surface area contributed by atoms with E-state index in [1.807, 2.05) is 79.7 Å². The van der Waals surface area contributed by atoms with Crippen LogP contribution >= 0.6 is 15.9 Å². The highest BCUT2D eigenvalue weighted by Crippen LogP contribution is 2.38. The molecule has 4 rings (SSSR count). The Morgan fingerprint density at radius 2 is 1.69 bits per heavy atom. The first-order chi connectivity index (χ1) is 14.2. The summed E-state index contributed by atoms with van der Waals surface area (Å²) in [6.07, 6.45) is 1.87. The lowest BCUT2D eigenvalue weighted by molar-refractivity contribution is -0.110. The second-order valence-corrected chi connectivity index (χ2v) is 7.44. The third-order valence-electron chi connectivity index (χ3n) is 4.61. The molecule has 3 aromatic carbocycles. The van der Waals surface area contributed by atoms with Gasteiger partial charge in [-0.25, -0.2) is 0 Å². The van der Waals surface area contributed by atoms with Crippen LogP contribution in [0.5, 0.6) is 11.5 Å². The molecule has 0 aliphatic carbocycles. The van der Waals surface area contributed by atoms with E-state index in [9.17, 15) is 4.79 Å². The van der Waals surface area contributed by atoms with E-state index in [0.717, 1.165) is 26.9 Å². The van der Waals surface area contributed by atoms with Crippen molar-refractivity contribution in [3.8, 4) is 11.5 Å². The van der Waals surface area contributed by atoms with E-state index in [1.165, 1.54) is 0 Å². The number of halogens is 1. The summed E-state index contributed by atoms with van der Waals surface area (Å²) in [5.74, 6) is 1.19. The number of benzene rings is 3. The van der Waals surface area contributed by atoms with Crippen LogP contribution in [0.1, 0.15) is 23.6 Å². The molecule has 29 heavy (non-hydrogen) atoms. The van der Waals surface area contributed by atoms with Gasteiger partial charge in [0, 0.05) is 21.3 Å². The molecule has 0 unspecified atom stereocenters. The summed E-state index contributed by atoms with van der Waals surface area (Å²) in [6, 6.07) is 21.4. The molecule has 0 atom stereocenters. The van der Waals surface area contributed by atoms with Crippen molar-refractivity contribution in [3.05, 3.63) is 87.9 Å². The van der Waals surface area contributed by atoms with E-state index in [2.05, 4.69) is 21.2 Å². The van der Waals surface area contributed by atoms with Crippen molar-refractivity contribution in [2.24, 2.45) is 0 Å². The van der Waals surface area contributed by atoms with Crippen molar-refractivity contribution in [2.45, 2.75) is 13.5 Å². The number of ether oxygens (including phenoxy) is 2. The molecule has 3 aromatic rings. The second-order valence-electron chi connectivity index (χ2n) is 6.59. The van der Waals surface area contributed by atoms with Crippen molar-refractivity contribution in [2.75, 3.05) is 11.9 Å². The predicted octanol–water partition coefficient (Wildman–Crippen LogP) is 5.92. The van der Waals surface area contributed by atoms with Crippen LogP contribution in [0, 0.1) is 0 Å². The molecule has 1 aliphatic rings. The highest BCUT2D eigenvalue weighted by Gasteiger charge is 2.24. The molecule has 5 heteroatoms. The zero-order chi connectivity index (χ0) is 20.2. The van der Waals surface area contributed by atoms with Crippen LogP contribution in [0.3, 0.4) is 0 Å². The molecule has 0 fully saturated rings. The van der Waals surface area contributed by atoms with Crippen molar-refractivity contribution >= 4 is 39.2 Å². The van der Waals surface area contributed by atoms with Crippen LogP contribution in [0.4, 0.5) is 5.69 Å². The number of para-hydroxylation sites is 1. The molecular formula is C24H20BrNO3. The maximum absolute atomic E-state index is 12.4. The van der Waals surface area contributed by atoms with Crippen molar-refractivity contribution in [1.82, 2.24) is 0 Å². The minimum atomic E-state index is -0.111. The Balaban J connectivity index is 1.67. The van der Waals surface area contributed by atoms with Gasteiger partial charge in [0.15, 0.2) is 11.5 Å². The van der Waals surface area contributed by atoms with Crippen molar-refractivity contribution in [3.63, 3.8) is 0 Å². The van der Waals surface area contributed by atoms with Crippen molar-refractivity contribution in [1.29, 1.82) is 0 Å². The lowest BCUT2D eigenvalue weighted by Crippen LogP contribution is -2.04. The molecular weight excluding hydrogens is 430 g/mol. The normalized spacial score (nSPS) is 13.9. The first kappa shape index (κ1) is 19.3. The number of amides is 1. The van der Waals surface area contributed by atoms with Crippen LogP contribution < -0.4 is 14.8 Å². The van der Waals surface area contributed by atoms with Gasteiger partial charge in [0.2, 0.25) is 0 Å². The summed E-state index contributed by atoms with van der Waals surface area (Å²) in [5.41, 5.74) is 4.28. The predicted molar refractivity (Wildman–Crippen MR) is 119 cm³/mol. The number of hydrogen-bond donors (Lipinski definition) is 1. The minimum Gasteiger partial charge on any atom is -0.490 e. The third kappa shape index (κ3) is 4.20. The van der Waals surface area contributed by atoms with Crippen LogP contribution in [0.15, 0.2) is 71.2 Å². The number of fused-ring (bicyclic) bond motifs is 1. The molecule has 0 saturated carbocycles. The number of hydrogen-bond acceptors (Lipinski definition) is 3. The zero-order valence-corrected chi connectivity index (χ0v) is 17.5. The average molecular weight is 450 g/mol. The van der Waals surface area contributed by atoms with E-state index >= 15 is 0 Å². The standard InChI is InChI=1S/C24H20BrNO3/c1-2-28-22-13-17(12-19-18-10-6-7-11-21(18)26-24(19)27)20(25)14-23(22)29-15-16-8-4-3-5-9-16/h3-14H,2,15H2,1H3,(H,26,27)/b19-12+. The van der Waals surface area contributed by atoms with Gasteiger partial charge in [0.25, 0.3) is 5.91 Å². The van der Waals surface area contributed by atoms with E-state index in [0.29, 0.717) is 30.3 Å².